The molecule has 138 valence electrons. The number of likely N-dealkylation sites (N-methyl/N-ethyl adjacent to an activating group) is 1. The van der Waals surface area contributed by atoms with Crippen molar-refractivity contribution in [1.82, 2.24) is 20.0 Å². The van der Waals surface area contributed by atoms with Crippen LogP contribution in [0.3, 0.4) is 0 Å². The van der Waals surface area contributed by atoms with Crippen molar-refractivity contribution in [2.24, 2.45) is 0 Å². The summed E-state index contributed by atoms with van der Waals surface area (Å²) < 4.78 is 7.44. The largest absolute Gasteiger partial charge is 0.356 e. The number of amides is 2. The van der Waals surface area contributed by atoms with Gasteiger partial charge in [0.25, 0.3) is 5.91 Å². The van der Waals surface area contributed by atoms with Crippen molar-refractivity contribution in [2.75, 3.05) is 13.7 Å². The molecular formula is C19H24N4O3. The molecule has 0 bridgehead atoms. The SMILES string of the molecule is CCn1cc(CNC(=O)[C@H]2OCC(=O)N(C)[C@@H]2c2ccccc2C)cn1. The molecule has 1 aromatic carbocycles. The van der Waals surface area contributed by atoms with Crippen molar-refractivity contribution < 1.29 is 14.3 Å². The van der Waals surface area contributed by atoms with Gasteiger partial charge in [0, 0.05) is 31.9 Å². The van der Waals surface area contributed by atoms with Gasteiger partial charge in [-0.25, -0.2) is 0 Å². The number of morpholine rings is 1. The number of carbonyl (C=O) groups is 2. The summed E-state index contributed by atoms with van der Waals surface area (Å²) in [6, 6.07) is 7.30. The van der Waals surface area contributed by atoms with E-state index in [4.69, 9.17) is 4.74 Å². The van der Waals surface area contributed by atoms with Crippen LogP contribution >= 0.6 is 0 Å². The number of aromatic nitrogens is 2. The van der Waals surface area contributed by atoms with E-state index in [2.05, 4.69) is 10.4 Å². The third-order valence-corrected chi connectivity index (χ3v) is 4.73. The molecule has 2 amide bonds. The maximum absolute atomic E-state index is 12.8. The second-order valence-corrected chi connectivity index (χ2v) is 6.46. The van der Waals surface area contributed by atoms with Crippen LogP contribution in [0, 0.1) is 6.92 Å². The van der Waals surface area contributed by atoms with Crippen LogP contribution in [0.2, 0.25) is 0 Å². The Balaban J connectivity index is 1.78. The highest BCUT2D eigenvalue weighted by Crippen LogP contribution is 2.31. The average Bonchev–Trinajstić information content (AvgIpc) is 3.11. The van der Waals surface area contributed by atoms with Gasteiger partial charge in [0.05, 0.1) is 12.2 Å². The maximum Gasteiger partial charge on any atom is 0.251 e. The molecule has 0 spiro atoms. The molecule has 0 aliphatic carbocycles. The molecule has 1 N–H and O–H groups in total. The predicted molar refractivity (Wildman–Crippen MR) is 96.2 cm³/mol. The zero-order chi connectivity index (χ0) is 18.7. The van der Waals surface area contributed by atoms with Crippen LogP contribution in [0.4, 0.5) is 0 Å². The van der Waals surface area contributed by atoms with Gasteiger partial charge in [-0.05, 0) is 25.0 Å². The Labute approximate surface area is 152 Å². The fraction of sp³-hybridized carbons (Fsp3) is 0.421. The van der Waals surface area contributed by atoms with Crippen molar-refractivity contribution in [1.29, 1.82) is 0 Å². The average molecular weight is 356 g/mol. The van der Waals surface area contributed by atoms with Gasteiger partial charge >= 0.3 is 0 Å². The first-order valence-electron chi connectivity index (χ1n) is 8.73. The fourth-order valence-electron chi connectivity index (χ4n) is 3.18. The van der Waals surface area contributed by atoms with E-state index in [1.54, 1.807) is 22.8 Å². The van der Waals surface area contributed by atoms with E-state index in [-0.39, 0.29) is 18.4 Å². The molecule has 2 aromatic rings. The summed E-state index contributed by atoms with van der Waals surface area (Å²) in [5.74, 6) is -0.367. The molecule has 1 aliphatic heterocycles. The summed E-state index contributed by atoms with van der Waals surface area (Å²) in [6.07, 6.45) is 2.89. The normalized spacial score (nSPS) is 20.3. The maximum atomic E-state index is 12.8. The van der Waals surface area contributed by atoms with Gasteiger partial charge in [-0.2, -0.15) is 5.10 Å². The number of benzene rings is 1. The minimum Gasteiger partial charge on any atom is -0.356 e. The number of rotatable bonds is 5. The molecule has 1 aromatic heterocycles. The van der Waals surface area contributed by atoms with Gasteiger partial charge in [-0.1, -0.05) is 24.3 Å². The van der Waals surface area contributed by atoms with Gasteiger partial charge < -0.3 is 15.0 Å². The van der Waals surface area contributed by atoms with Gasteiger partial charge in [0.15, 0.2) is 6.10 Å². The minimum absolute atomic E-state index is 0.0925. The van der Waals surface area contributed by atoms with Crippen molar-refractivity contribution in [3.05, 3.63) is 53.3 Å². The first kappa shape index (κ1) is 18.1. The molecule has 1 aliphatic rings. The van der Waals surface area contributed by atoms with Crippen LogP contribution < -0.4 is 5.32 Å². The molecule has 7 heteroatoms. The summed E-state index contributed by atoms with van der Waals surface area (Å²) in [7, 11) is 1.72. The first-order chi connectivity index (χ1) is 12.5. The lowest BCUT2D eigenvalue weighted by Gasteiger charge is -2.38. The molecule has 0 radical (unpaired) electrons. The van der Waals surface area contributed by atoms with Crippen molar-refractivity contribution >= 4 is 11.8 Å². The molecule has 3 rings (SSSR count). The lowest BCUT2D eigenvalue weighted by Crippen LogP contribution is -2.53. The number of hydrogen-bond acceptors (Lipinski definition) is 4. The summed E-state index contributed by atoms with van der Waals surface area (Å²) in [5, 5.41) is 7.11. The van der Waals surface area contributed by atoms with Crippen molar-refractivity contribution in [3.63, 3.8) is 0 Å². The molecule has 2 atom stereocenters. The first-order valence-corrected chi connectivity index (χ1v) is 8.73. The molecule has 0 unspecified atom stereocenters. The Morgan fingerprint density at radius 1 is 1.38 bits per heavy atom. The van der Waals surface area contributed by atoms with Crippen LogP contribution in [-0.4, -0.2) is 46.3 Å². The highest BCUT2D eigenvalue weighted by Gasteiger charge is 2.40. The Morgan fingerprint density at radius 2 is 2.15 bits per heavy atom. The van der Waals surface area contributed by atoms with Gasteiger partial charge in [0.2, 0.25) is 5.91 Å². The molecule has 0 saturated carbocycles. The number of ether oxygens (including phenoxy) is 1. The highest BCUT2D eigenvalue weighted by atomic mass is 16.5. The van der Waals surface area contributed by atoms with Crippen molar-refractivity contribution in [3.8, 4) is 0 Å². The molecule has 1 fully saturated rings. The van der Waals surface area contributed by atoms with E-state index in [9.17, 15) is 9.59 Å². The lowest BCUT2D eigenvalue weighted by molar-refractivity contribution is -0.162. The molecule has 2 heterocycles. The zero-order valence-electron chi connectivity index (χ0n) is 15.3. The zero-order valence-corrected chi connectivity index (χ0v) is 15.3. The van der Waals surface area contributed by atoms with E-state index in [0.29, 0.717) is 6.54 Å². The fourth-order valence-corrected chi connectivity index (χ4v) is 3.18. The quantitative estimate of drug-likeness (QED) is 0.879. The highest BCUT2D eigenvalue weighted by molar-refractivity contribution is 5.86. The monoisotopic (exact) mass is 356 g/mol. The van der Waals surface area contributed by atoms with Gasteiger partial charge in [-0.3, -0.25) is 14.3 Å². The topological polar surface area (TPSA) is 76.5 Å². The molecular weight excluding hydrogens is 332 g/mol. The summed E-state index contributed by atoms with van der Waals surface area (Å²) in [5.41, 5.74) is 2.86. The molecule has 1 saturated heterocycles. The Kier molecular flexibility index (Phi) is 5.37. The second-order valence-electron chi connectivity index (χ2n) is 6.46. The third kappa shape index (κ3) is 3.62. The van der Waals surface area contributed by atoms with Gasteiger partial charge in [0.1, 0.15) is 6.61 Å². The van der Waals surface area contributed by atoms with E-state index in [1.807, 2.05) is 44.3 Å². The standard InChI is InChI=1S/C19H24N4O3/c1-4-23-11-14(10-21-23)9-20-19(25)18-17(22(3)16(24)12-26-18)15-8-6-5-7-13(15)2/h5-8,10-11,17-18H,4,9,12H2,1-3H3,(H,20,25)/t17-,18+/m1/s1. The third-order valence-electron chi connectivity index (χ3n) is 4.73. The summed E-state index contributed by atoms with van der Waals surface area (Å²) in [4.78, 5) is 26.5. The number of nitrogens with zero attached hydrogens (tertiary/aromatic N) is 3. The summed E-state index contributed by atoms with van der Waals surface area (Å²) >= 11 is 0. The minimum atomic E-state index is -0.750. The van der Waals surface area contributed by atoms with Gasteiger partial charge in [-0.15, -0.1) is 0 Å². The Bertz CT molecular complexity index is 802. The van der Waals surface area contributed by atoms with Crippen LogP contribution in [-0.2, 0) is 27.4 Å². The number of nitrogens with one attached hydrogen (secondary N) is 1. The molecule has 26 heavy (non-hydrogen) atoms. The van der Waals surface area contributed by atoms with Crippen molar-refractivity contribution in [2.45, 2.75) is 39.1 Å². The summed E-state index contributed by atoms with van der Waals surface area (Å²) in [6.45, 7) is 5.03. The van der Waals surface area contributed by atoms with E-state index >= 15 is 0 Å². The second kappa shape index (κ2) is 7.70. The molecule has 7 nitrogen and oxygen atoms in total. The number of hydrogen-bond donors (Lipinski definition) is 1. The van der Waals surface area contributed by atoms with Crippen LogP contribution in [0.5, 0.6) is 0 Å². The predicted octanol–water partition coefficient (Wildman–Crippen LogP) is 1.43. The van der Waals surface area contributed by atoms with E-state index in [1.165, 1.54) is 0 Å². The Hall–Kier alpha value is -2.67. The van der Waals surface area contributed by atoms with E-state index < -0.39 is 12.1 Å². The lowest BCUT2D eigenvalue weighted by atomic mass is 9.94. The smallest absolute Gasteiger partial charge is 0.251 e. The number of aryl methyl sites for hydroxylation is 2. The van der Waals surface area contributed by atoms with Crippen LogP contribution in [0.25, 0.3) is 0 Å². The Morgan fingerprint density at radius 3 is 2.85 bits per heavy atom. The van der Waals surface area contributed by atoms with E-state index in [0.717, 1.165) is 23.2 Å². The number of carbonyl (C=O) groups excluding carboxylic acids is 2. The van der Waals surface area contributed by atoms with Crippen LogP contribution in [0.1, 0.15) is 29.7 Å². The van der Waals surface area contributed by atoms with Crippen LogP contribution in [0.15, 0.2) is 36.7 Å².